The smallest absolute Gasteiger partial charge is 0.338 e. The first-order chi connectivity index (χ1) is 11.4. The molecule has 0 saturated carbocycles. The van der Waals surface area contributed by atoms with Gasteiger partial charge in [-0.05, 0) is 32.0 Å². The summed E-state index contributed by atoms with van der Waals surface area (Å²) in [4.78, 5) is 16.2. The van der Waals surface area contributed by atoms with Crippen LogP contribution in [0.5, 0.6) is 0 Å². The second kappa shape index (κ2) is 9.25. The minimum atomic E-state index is -4.20. The maximum absolute atomic E-state index is 13.2. The number of piperazine rings is 1. The third kappa shape index (κ3) is 5.03. The van der Waals surface area contributed by atoms with Gasteiger partial charge in [-0.3, -0.25) is 14.4 Å². The van der Waals surface area contributed by atoms with Crippen LogP contribution in [0.1, 0.15) is 12.8 Å². The zero-order valence-electron chi connectivity index (χ0n) is 14.2. The van der Waals surface area contributed by atoms with Crippen molar-refractivity contribution in [1.29, 1.82) is 0 Å². The predicted octanol–water partition coefficient (Wildman–Crippen LogP) is 1.51. The van der Waals surface area contributed by atoms with Crippen LogP contribution in [0.15, 0.2) is 18.5 Å². The topological polar surface area (TPSA) is 53.4 Å². The van der Waals surface area contributed by atoms with Gasteiger partial charge in [-0.1, -0.05) is 0 Å². The first-order valence-electron chi connectivity index (χ1n) is 8.20. The molecule has 150 valence electrons. The molecule has 2 aliphatic rings. The number of piperidine rings is 1. The normalized spacial score (nSPS) is 20.8. The summed E-state index contributed by atoms with van der Waals surface area (Å²) < 4.78 is 39.2. The summed E-state index contributed by atoms with van der Waals surface area (Å²) >= 11 is 0. The van der Waals surface area contributed by atoms with Gasteiger partial charge in [-0.2, -0.15) is 18.3 Å². The zero-order valence-corrected chi connectivity index (χ0v) is 15.9. The number of hydrogen-bond donors (Lipinski definition) is 1. The average molecular weight is 418 g/mol. The molecule has 3 rings (SSSR count). The van der Waals surface area contributed by atoms with Gasteiger partial charge in [0, 0.05) is 38.6 Å². The number of nitrogens with one attached hydrogen (secondary N) is 1. The first kappa shape index (κ1) is 23.0. The Morgan fingerprint density at radius 2 is 1.73 bits per heavy atom. The molecule has 2 fully saturated rings. The summed E-state index contributed by atoms with van der Waals surface area (Å²) in [5.41, 5.74) is -0.721. The highest BCUT2D eigenvalue weighted by molar-refractivity contribution is 5.86. The molecular formula is C15H24Cl2F3N5O. The molecule has 1 amide bonds. The predicted molar refractivity (Wildman–Crippen MR) is 95.9 cm³/mol. The number of halogens is 5. The second-order valence-electron chi connectivity index (χ2n) is 6.42. The van der Waals surface area contributed by atoms with Crippen LogP contribution >= 0.6 is 24.8 Å². The molecule has 2 saturated heterocycles. The van der Waals surface area contributed by atoms with Crippen LogP contribution in [0.2, 0.25) is 0 Å². The van der Waals surface area contributed by atoms with Gasteiger partial charge in [-0.15, -0.1) is 24.8 Å². The Hall–Kier alpha value is -1.03. The Morgan fingerprint density at radius 1 is 1.12 bits per heavy atom. The van der Waals surface area contributed by atoms with Crippen LogP contribution in [-0.2, 0) is 10.3 Å². The lowest BCUT2D eigenvalue weighted by molar-refractivity contribution is -0.155. The van der Waals surface area contributed by atoms with E-state index in [0.29, 0.717) is 25.9 Å². The van der Waals surface area contributed by atoms with Gasteiger partial charge in [0.15, 0.2) is 0 Å². The Labute approximate surface area is 162 Å². The Balaban J connectivity index is 0.00000169. The van der Waals surface area contributed by atoms with E-state index >= 15 is 0 Å². The summed E-state index contributed by atoms with van der Waals surface area (Å²) in [5, 5.41) is 7.52. The molecule has 6 nitrogen and oxygen atoms in total. The highest BCUT2D eigenvalue weighted by atomic mass is 35.5. The number of amides is 1. The quantitative estimate of drug-likeness (QED) is 0.809. The van der Waals surface area contributed by atoms with Crippen LogP contribution in [0, 0.1) is 0 Å². The van der Waals surface area contributed by atoms with E-state index in [2.05, 4.69) is 10.4 Å². The maximum atomic E-state index is 13.2. The Kier molecular flexibility index (Phi) is 8.19. The molecule has 0 atom stereocenters. The minimum absolute atomic E-state index is 0. The van der Waals surface area contributed by atoms with Gasteiger partial charge in [0.1, 0.15) is 5.54 Å². The Morgan fingerprint density at radius 3 is 2.23 bits per heavy atom. The lowest BCUT2D eigenvalue weighted by Crippen LogP contribution is -2.59. The first-order valence-corrected chi connectivity index (χ1v) is 8.20. The van der Waals surface area contributed by atoms with E-state index in [-0.39, 0.29) is 43.8 Å². The summed E-state index contributed by atoms with van der Waals surface area (Å²) in [6.07, 6.45) is 0.519. The van der Waals surface area contributed by atoms with Gasteiger partial charge in [0.2, 0.25) is 0 Å². The SMILES string of the molecule is Cl.Cl.O=C(N1CCN(CC(F)(F)F)CC1)C1(n2cccn2)CCNCC1. The fraction of sp³-hybridized carbons (Fsp3) is 0.733. The molecule has 0 unspecified atom stereocenters. The average Bonchev–Trinajstić information content (AvgIpc) is 3.09. The largest absolute Gasteiger partial charge is 0.401 e. The van der Waals surface area contributed by atoms with Gasteiger partial charge >= 0.3 is 6.18 Å². The van der Waals surface area contributed by atoms with Crippen molar-refractivity contribution in [3.8, 4) is 0 Å². The van der Waals surface area contributed by atoms with Crippen LogP contribution in [-0.4, -0.2) is 77.5 Å². The molecule has 0 bridgehead atoms. The van der Waals surface area contributed by atoms with Crippen molar-refractivity contribution in [3.05, 3.63) is 18.5 Å². The van der Waals surface area contributed by atoms with Crippen molar-refractivity contribution in [1.82, 2.24) is 24.9 Å². The highest BCUT2D eigenvalue weighted by Gasteiger charge is 2.45. The molecule has 1 aromatic heterocycles. The number of carbonyl (C=O) groups is 1. The lowest BCUT2D eigenvalue weighted by atomic mass is 9.86. The van der Waals surface area contributed by atoms with Crippen molar-refractivity contribution in [3.63, 3.8) is 0 Å². The monoisotopic (exact) mass is 417 g/mol. The van der Waals surface area contributed by atoms with Crippen molar-refractivity contribution in [2.75, 3.05) is 45.8 Å². The summed E-state index contributed by atoms with van der Waals surface area (Å²) in [5.74, 6) is -0.0284. The van der Waals surface area contributed by atoms with E-state index in [1.54, 1.807) is 28.0 Å². The molecule has 2 aliphatic heterocycles. The third-order valence-corrected chi connectivity index (χ3v) is 4.83. The molecule has 0 radical (unpaired) electrons. The molecule has 1 aromatic rings. The van der Waals surface area contributed by atoms with E-state index in [0.717, 1.165) is 13.1 Å². The lowest BCUT2D eigenvalue weighted by Gasteiger charge is -2.43. The van der Waals surface area contributed by atoms with Gasteiger partial charge in [0.05, 0.1) is 6.54 Å². The molecular weight excluding hydrogens is 394 g/mol. The number of nitrogens with zero attached hydrogens (tertiary/aromatic N) is 4. The number of aromatic nitrogens is 2. The van der Waals surface area contributed by atoms with Crippen molar-refractivity contribution in [2.45, 2.75) is 24.6 Å². The summed E-state index contributed by atoms with van der Waals surface area (Å²) in [7, 11) is 0. The van der Waals surface area contributed by atoms with Gasteiger partial charge in [0.25, 0.3) is 5.91 Å². The molecule has 26 heavy (non-hydrogen) atoms. The van der Waals surface area contributed by atoms with Crippen molar-refractivity contribution >= 4 is 30.7 Å². The number of hydrogen-bond acceptors (Lipinski definition) is 4. The van der Waals surface area contributed by atoms with E-state index < -0.39 is 18.3 Å². The van der Waals surface area contributed by atoms with Crippen molar-refractivity contribution < 1.29 is 18.0 Å². The van der Waals surface area contributed by atoms with E-state index in [1.165, 1.54) is 4.90 Å². The second-order valence-corrected chi connectivity index (χ2v) is 6.42. The van der Waals surface area contributed by atoms with Crippen LogP contribution < -0.4 is 5.32 Å². The van der Waals surface area contributed by atoms with E-state index in [1.807, 2.05) is 0 Å². The van der Waals surface area contributed by atoms with Crippen molar-refractivity contribution in [2.24, 2.45) is 0 Å². The molecule has 3 heterocycles. The van der Waals surface area contributed by atoms with Crippen LogP contribution in [0.3, 0.4) is 0 Å². The number of rotatable bonds is 3. The molecule has 0 aromatic carbocycles. The van der Waals surface area contributed by atoms with E-state index in [9.17, 15) is 18.0 Å². The van der Waals surface area contributed by atoms with Crippen LogP contribution in [0.4, 0.5) is 13.2 Å². The Bertz CT molecular complexity index is 556. The maximum Gasteiger partial charge on any atom is 0.401 e. The van der Waals surface area contributed by atoms with Crippen LogP contribution in [0.25, 0.3) is 0 Å². The van der Waals surface area contributed by atoms with Gasteiger partial charge in [-0.25, -0.2) is 0 Å². The molecule has 1 N–H and O–H groups in total. The minimum Gasteiger partial charge on any atom is -0.338 e. The third-order valence-electron chi connectivity index (χ3n) is 4.83. The highest BCUT2D eigenvalue weighted by Crippen LogP contribution is 2.30. The molecule has 11 heteroatoms. The van der Waals surface area contributed by atoms with Gasteiger partial charge < -0.3 is 10.2 Å². The summed E-state index contributed by atoms with van der Waals surface area (Å²) in [6.45, 7) is 1.68. The fourth-order valence-electron chi connectivity index (χ4n) is 3.56. The standard InChI is InChI=1S/C15H22F3N5O.2ClH/c16-15(17,18)12-21-8-10-22(11-9-21)13(24)14(2-5-19-6-3-14)23-7-1-4-20-23;;/h1,4,7,19H,2-3,5-6,8-12H2;2*1H. The molecule has 0 aliphatic carbocycles. The number of carbonyl (C=O) groups excluding carboxylic acids is 1. The fourth-order valence-corrected chi connectivity index (χ4v) is 3.56. The molecule has 0 spiro atoms. The van der Waals surface area contributed by atoms with E-state index in [4.69, 9.17) is 0 Å². The number of alkyl halides is 3. The zero-order chi connectivity index (χ0) is 17.2. The summed E-state index contributed by atoms with van der Waals surface area (Å²) in [6, 6.07) is 1.79.